The lowest BCUT2D eigenvalue weighted by Crippen LogP contribution is -1.74. The van der Waals surface area contributed by atoms with Crippen molar-refractivity contribution in [3.8, 4) is 10.6 Å². The van der Waals surface area contributed by atoms with E-state index in [0.717, 1.165) is 16.3 Å². The number of aryl methyl sites for hydroxylation is 2. The fourth-order valence-corrected chi connectivity index (χ4v) is 1.45. The molecule has 4 nitrogen and oxygen atoms in total. The first-order chi connectivity index (χ1) is 5.77. The van der Waals surface area contributed by atoms with Crippen molar-refractivity contribution in [3.05, 3.63) is 17.5 Å². The first-order valence-electron chi connectivity index (χ1n) is 3.42. The molecule has 0 atom stereocenters. The van der Waals surface area contributed by atoms with Crippen molar-refractivity contribution < 1.29 is 4.52 Å². The van der Waals surface area contributed by atoms with Gasteiger partial charge in [-0.05, 0) is 25.4 Å². The number of hydrogen-bond donors (Lipinski definition) is 0. The van der Waals surface area contributed by atoms with Crippen molar-refractivity contribution in [2.75, 3.05) is 0 Å². The van der Waals surface area contributed by atoms with Crippen LogP contribution in [0.2, 0.25) is 0 Å². The van der Waals surface area contributed by atoms with Gasteiger partial charge in [-0.1, -0.05) is 9.64 Å². The van der Waals surface area contributed by atoms with Gasteiger partial charge >= 0.3 is 0 Å². The minimum absolute atomic E-state index is 0.625. The van der Waals surface area contributed by atoms with Crippen LogP contribution in [0.1, 0.15) is 11.4 Å². The molecule has 0 unspecified atom stereocenters. The average Bonchev–Trinajstić information content (AvgIpc) is 2.58. The minimum Gasteiger partial charge on any atom is -0.354 e. The van der Waals surface area contributed by atoms with E-state index >= 15 is 0 Å². The van der Waals surface area contributed by atoms with Crippen LogP contribution in [0.3, 0.4) is 0 Å². The molecule has 0 aliphatic rings. The minimum atomic E-state index is 0.625. The zero-order chi connectivity index (χ0) is 8.55. The van der Waals surface area contributed by atoms with E-state index < -0.39 is 0 Å². The van der Waals surface area contributed by atoms with Gasteiger partial charge in [-0.2, -0.15) is 0 Å². The van der Waals surface area contributed by atoms with Crippen molar-refractivity contribution in [2.24, 2.45) is 0 Å². The molecular weight excluding hydrogens is 174 g/mol. The van der Waals surface area contributed by atoms with Gasteiger partial charge in [-0.25, -0.2) is 0 Å². The van der Waals surface area contributed by atoms with Gasteiger partial charge in [0.05, 0.1) is 17.5 Å². The van der Waals surface area contributed by atoms with Gasteiger partial charge in [0.25, 0.3) is 0 Å². The Bertz CT molecular complexity index is 393. The van der Waals surface area contributed by atoms with Gasteiger partial charge in [0.1, 0.15) is 4.88 Å². The molecule has 2 aromatic heterocycles. The van der Waals surface area contributed by atoms with Gasteiger partial charge in [0.15, 0.2) is 5.76 Å². The Balaban J connectivity index is 2.50. The molecule has 2 rings (SSSR count). The van der Waals surface area contributed by atoms with E-state index in [9.17, 15) is 0 Å². The van der Waals surface area contributed by atoms with E-state index in [1.807, 2.05) is 13.8 Å². The normalized spacial score (nSPS) is 10.5. The first kappa shape index (κ1) is 7.42. The summed E-state index contributed by atoms with van der Waals surface area (Å²) in [5.74, 6) is 0.625. The summed E-state index contributed by atoms with van der Waals surface area (Å²) in [7, 11) is 0. The van der Waals surface area contributed by atoms with Gasteiger partial charge < -0.3 is 4.52 Å². The molecule has 0 aromatic carbocycles. The molecule has 0 bridgehead atoms. The van der Waals surface area contributed by atoms with Crippen molar-refractivity contribution in [1.82, 2.24) is 14.7 Å². The van der Waals surface area contributed by atoms with E-state index in [2.05, 4.69) is 20.8 Å². The summed E-state index contributed by atoms with van der Waals surface area (Å²) in [6.07, 6.45) is 0. The smallest absolute Gasteiger partial charge is 0.188 e. The second-order valence-corrected chi connectivity index (χ2v) is 3.16. The zero-order valence-electron chi connectivity index (χ0n) is 6.66. The van der Waals surface area contributed by atoms with Crippen LogP contribution in [0.15, 0.2) is 4.52 Å². The van der Waals surface area contributed by atoms with Crippen molar-refractivity contribution in [1.29, 1.82) is 0 Å². The molecule has 0 aliphatic carbocycles. The van der Waals surface area contributed by atoms with E-state index in [-0.39, 0.29) is 0 Å². The molecule has 61 valence electrons. The summed E-state index contributed by atoms with van der Waals surface area (Å²) >= 11 is 1.29. The maximum atomic E-state index is 5.01. The highest BCUT2D eigenvalue weighted by atomic mass is 32.1. The molecule has 0 saturated carbocycles. The molecule has 5 heteroatoms. The predicted molar refractivity (Wildman–Crippen MR) is 43.7 cm³/mol. The largest absolute Gasteiger partial charge is 0.354 e. The summed E-state index contributed by atoms with van der Waals surface area (Å²) < 4.78 is 8.81. The molecule has 1 radical (unpaired) electrons. The van der Waals surface area contributed by atoms with Crippen LogP contribution in [-0.2, 0) is 0 Å². The number of aromatic nitrogens is 3. The molecule has 0 fully saturated rings. The van der Waals surface area contributed by atoms with Crippen LogP contribution in [-0.4, -0.2) is 14.7 Å². The maximum Gasteiger partial charge on any atom is 0.188 e. The maximum absolute atomic E-state index is 5.01. The second-order valence-electron chi connectivity index (χ2n) is 2.41. The van der Waals surface area contributed by atoms with Crippen LogP contribution in [0.4, 0.5) is 0 Å². The fourth-order valence-electron chi connectivity index (χ4n) is 0.862. The molecular formula is C7H6N3OS. The highest BCUT2D eigenvalue weighted by molar-refractivity contribution is 7.09. The van der Waals surface area contributed by atoms with Gasteiger partial charge in [0.2, 0.25) is 0 Å². The number of nitrogens with zero attached hydrogens (tertiary/aromatic N) is 3. The Morgan fingerprint density at radius 1 is 1.42 bits per heavy atom. The summed E-state index contributed by atoms with van der Waals surface area (Å²) in [6, 6.07) is 2.97. The molecule has 0 amide bonds. The Kier molecular flexibility index (Phi) is 1.65. The van der Waals surface area contributed by atoms with Gasteiger partial charge in [0, 0.05) is 0 Å². The Hall–Kier alpha value is -1.23. The Morgan fingerprint density at radius 3 is 2.75 bits per heavy atom. The van der Waals surface area contributed by atoms with Crippen LogP contribution >= 0.6 is 11.5 Å². The van der Waals surface area contributed by atoms with E-state index in [0.29, 0.717) is 5.76 Å². The highest BCUT2D eigenvalue weighted by Gasteiger charge is 2.11. The third kappa shape index (κ3) is 1.12. The molecule has 0 saturated heterocycles. The third-order valence-corrected chi connectivity index (χ3v) is 2.25. The van der Waals surface area contributed by atoms with Crippen molar-refractivity contribution in [2.45, 2.75) is 13.8 Å². The van der Waals surface area contributed by atoms with Crippen molar-refractivity contribution >= 4 is 11.5 Å². The second kappa shape index (κ2) is 2.67. The molecule has 2 aromatic rings. The average molecular weight is 180 g/mol. The van der Waals surface area contributed by atoms with E-state index in [1.165, 1.54) is 11.5 Å². The lowest BCUT2D eigenvalue weighted by Gasteiger charge is -1.85. The quantitative estimate of drug-likeness (QED) is 0.669. The molecule has 2 heterocycles. The first-order valence-corrected chi connectivity index (χ1v) is 4.19. The number of hydrogen-bond acceptors (Lipinski definition) is 5. The van der Waals surface area contributed by atoms with Crippen molar-refractivity contribution in [3.63, 3.8) is 0 Å². The molecule has 0 N–H and O–H groups in total. The van der Waals surface area contributed by atoms with Gasteiger partial charge in [-0.15, -0.1) is 5.10 Å². The van der Waals surface area contributed by atoms with Crippen LogP contribution in [0, 0.1) is 19.9 Å². The molecule has 0 spiro atoms. The predicted octanol–water partition coefficient (Wildman–Crippen LogP) is 1.61. The number of rotatable bonds is 1. The fraction of sp³-hybridized carbons (Fsp3) is 0.286. The lowest BCUT2D eigenvalue weighted by atomic mass is 10.3. The summed E-state index contributed by atoms with van der Waals surface area (Å²) in [4.78, 5) is 0.899. The van der Waals surface area contributed by atoms with Gasteiger partial charge in [-0.3, -0.25) is 0 Å². The summed E-state index contributed by atoms with van der Waals surface area (Å²) in [6.45, 7) is 3.71. The summed E-state index contributed by atoms with van der Waals surface area (Å²) in [5.41, 5.74) is 1.60. The molecule has 0 aliphatic heterocycles. The topological polar surface area (TPSA) is 51.8 Å². The lowest BCUT2D eigenvalue weighted by molar-refractivity contribution is 0.427. The monoisotopic (exact) mass is 180 g/mol. The van der Waals surface area contributed by atoms with Crippen LogP contribution < -0.4 is 0 Å². The standard InChI is InChI=1S/C7H6N3OS/c1-4-3-6(11-9-4)7-5(2)8-10-12-7/h1-2H3. The van der Waals surface area contributed by atoms with Crippen LogP contribution in [0.25, 0.3) is 10.6 Å². The third-order valence-electron chi connectivity index (χ3n) is 1.43. The molecule has 12 heavy (non-hydrogen) atoms. The SMILES string of the molecule is Cc1[c]c(-c2snnc2C)on1. The van der Waals surface area contributed by atoms with Crippen LogP contribution in [0.5, 0.6) is 0 Å². The summed E-state index contributed by atoms with van der Waals surface area (Å²) in [5, 5.41) is 7.60. The zero-order valence-corrected chi connectivity index (χ0v) is 7.47. The Morgan fingerprint density at radius 2 is 2.25 bits per heavy atom. The van der Waals surface area contributed by atoms with E-state index in [4.69, 9.17) is 4.52 Å². The highest BCUT2D eigenvalue weighted by Crippen LogP contribution is 2.24. The van der Waals surface area contributed by atoms with E-state index in [1.54, 1.807) is 0 Å². The Labute approximate surface area is 73.4 Å².